The standard InChI is InChI=1S/C25H32N6O2/c1-32-22-11-9-21(10-12-22)24(25-26-27-28-31(25)19-23-8-5-17-33-23)30-15-13-29(14-16-30)18-20-6-3-2-4-7-20/h2-4,6-7,9-12,23-24H,5,8,13-19H2,1H3. The van der Waals surface area contributed by atoms with Gasteiger partial charge in [0.15, 0.2) is 5.82 Å². The van der Waals surface area contributed by atoms with E-state index in [2.05, 4.69) is 67.8 Å². The van der Waals surface area contributed by atoms with Gasteiger partial charge in [-0.05, 0) is 46.5 Å². The van der Waals surface area contributed by atoms with E-state index in [1.165, 1.54) is 11.1 Å². The zero-order valence-electron chi connectivity index (χ0n) is 19.2. The number of ether oxygens (including phenoxy) is 2. The lowest BCUT2D eigenvalue weighted by molar-refractivity contribution is 0.0841. The van der Waals surface area contributed by atoms with Crippen molar-refractivity contribution in [2.75, 3.05) is 39.9 Å². The summed E-state index contributed by atoms with van der Waals surface area (Å²) in [4.78, 5) is 5.02. The van der Waals surface area contributed by atoms with Gasteiger partial charge in [-0.25, -0.2) is 4.68 Å². The molecule has 8 nitrogen and oxygen atoms in total. The second-order valence-electron chi connectivity index (χ2n) is 8.83. The smallest absolute Gasteiger partial charge is 0.173 e. The summed E-state index contributed by atoms with van der Waals surface area (Å²) in [5, 5.41) is 12.9. The van der Waals surface area contributed by atoms with Crippen molar-refractivity contribution in [1.82, 2.24) is 30.0 Å². The van der Waals surface area contributed by atoms with Gasteiger partial charge in [-0.3, -0.25) is 9.80 Å². The van der Waals surface area contributed by atoms with Gasteiger partial charge in [-0.15, -0.1) is 5.10 Å². The topological polar surface area (TPSA) is 68.5 Å². The molecule has 0 N–H and O–H groups in total. The van der Waals surface area contributed by atoms with Gasteiger partial charge in [-0.2, -0.15) is 0 Å². The first-order valence-electron chi connectivity index (χ1n) is 11.8. The van der Waals surface area contributed by atoms with E-state index in [0.29, 0.717) is 6.54 Å². The summed E-state index contributed by atoms with van der Waals surface area (Å²) in [7, 11) is 1.70. The predicted molar refractivity (Wildman–Crippen MR) is 125 cm³/mol. The van der Waals surface area contributed by atoms with Crippen LogP contribution in [0.5, 0.6) is 5.75 Å². The van der Waals surface area contributed by atoms with Crippen molar-refractivity contribution < 1.29 is 9.47 Å². The third-order valence-electron chi connectivity index (χ3n) is 6.66. The molecule has 0 saturated carbocycles. The van der Waals surface area contributed by atoms with Crippen molar-refractivity contribution in [2.45, 2.75) is 38.1 Å². The van der Waals surface area contributed by atoms with Gasteiger partial charge in [0.1, 0.15) is 5.75 Å². The van der Waals surface area contributed by atoms with Crippen LogP contribution in [0.2, 0.25) is 0 Å². The van der Waals surface area contributed by atoms with E-state index < -0.39 is 0 Å². The first-order valence-corrected chi connectivity index (χ1v) is 11.8. The largest absolute Gasteiger partial charge is 0.497 e. The molecule has 2 aliphatic heterocycles. The fourth-order valence-electron chi connectivity index (χ4n) is 4.85. The van der Waals surface area contributed by atoms with E-state index in [1.54, 1.807) is 7.11 Å². The number of hydrogen-bond donors (Lipinski definition) is 0. The third kappa shape index (κ3) is 5.24. The van der Waals surface area contributed by atoms with Crippen LogP contribution < -0.4 is 4.74 Å². The van der Waals surface area contributed by atoms with Gasteiger partial charge >= 0.3 is 0 Å². The lowest BCUT2D eigenvalue weighted by Gasteiger charge is -2.39. The van der Waals surface area contributed by atoms with Crippen LogP contribution in [0.15, 0.2) is 54.6 Å². The number of hydrogen-bond acceptors (Lipinski definition) is 7. The molecule has 3 aromatic rings. The normalized spacial score (nSPS) is 20.7. The molecule has 8 heteroatoms. The third-order valence-corrected chi connectivity index (χ3v) is 6.66. The molecule has 0 radical (unpaired) electrons. The Morgan fingerprint density at radius 3 is 2.52 bits per heavy atom. The second-order valence-corrected chi connectivity index (χ2v) is 8.83. The van der Waals surface area contributed by atoms with E-state index in [-0.39, 0.29) is 12.1 Å². The molecule has 0 bridgehead atoms. The molecular weight excluding hydrogens is 416 g/mol. The van der Waals surface area contributed by atoms with Crippen LogP contribution in [0.4, 0.5) is 0 Å². The molecule has 2 aliphatic rings. The number of rotatable bonds is 8. The highest BCUT2D eigenvalue weighted by atomic mass is 16.5. The predicted octanol–water partition coefficient (Wildman–Crippen LogP) is 2.77. The van der Waals surface area contributed by atoms with Crippen molar-refractivity contribution >= 4 is 0 Å². The number of piperazine rings is 1. The average molecular weight is 449 g/mol. The quantitative estimate of drug-likeness (QED) is 0.525. The summed E-state index contributed by atoms with van der Waals surface area (Å²) in [5.74, 6) is 1.73. The Bertz CT molecular complexity index is 995. The van der Waals surface area contributed by atoms with E-state index in [9.17, 15) is 0 Å². The minimum atomic E-state index is -0.00816. The van der Waals surface area contributed by atoms with Crippen molar-refractivity contribution in [2.24, 2.45) is 0 Å². The van der Waals surface area contributed by atoms with Crippen molar-refractivity contribution in [1.29, 1.82) is 0 Å². The zero-order chi connectivity index (χ0) is 22.5. The van der Waals surface area contributed by atoms with Gasteiger partial charge in [-0.1, -0.05) is 42.5 Å². The van der Waals surface area contributed by atoms with E-state index in [0.717, 1.165) is 63.7 Å². The molecule has 33 heavy (non-hydrogen) atoms. The van der Waals surface area contributed by atoms with Crippen molar-refractivity contribution in [3.63, 3.8) is 0 Å². The van der Waals surface area contributed by atoms with Gasteiger partial charge in [0.2, 0.25) is 0 Å². The molecule has 0 amide bonds. The number of benzene rings is 2. The number of tetrazole rings is 1. The summed E-state index contributed by atoms with van der Waals surface area (Å²) >= 11 is 0. The van der Waals surface area contributed by atoms with Crippen LogP contribution in [-0.4, -0.2) is 76.0 Å². The maximum absolute atomic E-state index is 5.86. The first-order chi connectivity index (χ1) is 16.3. The van der Waals surface area contributed by atoms with E-state index in [4.69, 9.17) is 9.47 Å². The van der Waals surface area contributed by atoms with Crippen LogP contribution in [0, 0.1) is 0 Å². The molecule has 1 aromatic heterocycles. The Morgan fingerprint density at radius 1 is 1.03 bits per heavy atom. The summed E-state index contributed by atoms with van der Waals surface area (Å²) < 4.78 is 13.2. The number of methoxy groups -OCH3 is 1. The molecule has 0 spiro atoms. The van der Waals surface area contributed by atoms with Crippen molar-refractivity contribution in [3.05, 3.63) is 71.5 Å². The van der Waals surface area contributed by atoms with Crippen LogP contribution in [0.3, 0.4) is 0 Å². The highest BCUT2D eigenvalue weighted by Gasteiger charge is 2.31. The molecule has 5 rings (SSSR count). The lowest BCUT2D eigenvalue weighted by Crippen LogP contribution is -2.48. The molecule has 2 fully saturated rings. The molecular formula is C25H32N6O2. The van der Waals surface area contributed by atoms with Gasteiger partial charge in [0, 0.05) is 39.3 Å². The average Bonchev–Trinajstić information content (AvgIpc) is 3.54. The summed E-state index contributed by atoms with van der Waals surface area (Å²) in [5.41, 5.74) is 2.54. The molecule has 3 heterocycles. The molecule has 2 atom stereocenters. The SMILES string of the molecule is COc1ccc(C(c2nnnn2CC2CCCO2)N2CCN(Cc3ccccc3)CC2)cc1. The van der Waals surface area contributed by atoms with Gasteiger partial charge < -0.3 is 9.47 Å². The second kappa shape index (κ2) is 10.4. The Morgan fingerprint density at radius 2 is 1.82 bits per heavy atom. The number of aromatic nitrogens is 4. The summed E-state index contributed by atoms with van der Waals surface area (Å²) in [6.07, 6.45) is 2.35. The van der Waals surface area contributed by atoms with Crippen molar-refractivity contribution in [3.8, 4) is 5.75 Å². The fourth-order valence-corrected chi connectivity index (χ4v) is 4.85. The lowest BCUT2D eigenvalue weighted by atomic mass is 10.0. The zero-order valence-corrected chi connectivity index (χ0v) is 19.2. The monoisotopic (exact) mass is 448 g/mol. The molecule has 0 aliphatic carbocycles. The highest BCUT2D eigenvalue weighted by Crippen LogP contribution is 2.30. The minimum absolute atomic E-state index is 0.00816. The highest BCUT2D eigenvalue weighted by molar-refractivity contribution is 5.32. The van der Waals surface area contributed by atoms with Gasteiger partial charge in [0.25, 0.3) is 0 Å². The maximum Gasteiger partial charge on any atom is 0.173 e. The summed E-state index contributed by atoms with van der Waals surface area (Å²) in [6, 6.07) is 19.0. The number of nitrogens with zero attached hydrogens (tertiary/aromatic N) is 6. The Hall–Kier alpha value is -2.81. The Labute approximate surface area is 195 Å². The maximum atomic E-state index is 5.86. The molecule has 174 valence electrons. The molecule has 2 saturated heterocycles. The van der Waals surface area contributed by atoms with Crippen LogP contribution in [0.25, 0.3) is 0 Å². The summed E-state index contributed by atoms with van der Waals surface area (Å²) in [6.45, 7) is 6.44. The van der Waals surface area contributed by atoms with Crippen LogP contribution in [-0.2, 0) is 17.8 Å². The van der Waals surface area contributed by atoms with E-state index in [1.807, 2.05) is 16.8 Å². The Balaban J connectivity index is 1.35. The van der Waals surface area contributed by atoms with E-state index >= 15 is 0 Å². The minimum Gasteiger partial charge on any atom is -0.497 e. The molecule has 2 unspecified atom stereocenters. The van der Waals surface area contributed by atoms with Crippen LogP contribution >= 0.6 is 0 Å². The Kier molecular flexibility index (Phi) is 6.95. The fraction of sp³-hybridized carbons (Fsp3) is 0.480. The molecule has 2 aromatic carbocycles. The first kappa shape index (κ1) is 22.0. The van der Waals surface area contributed by atoms with Crippen LogP contribution in [0.1, 0.15) is 35.8 Å². The van der Waals surface area contributed by atoms with Gasteiger partial charge in [0.05, 0.1) is 25.8 Å².